The molecule has 0 spiro atoms. The number of rotatable bonds is 10. The molecule has 0 saturated heterocycles. The SMILES string of the molecule is CN(C(=O)OC(C)(C)C)c1cc(Nc2cccn(-c3cnn(COCC[Si](C)(C)C)n3)c2=O)nc2c(C(=O)O)onc12. The van der Waals surface area contributed by atoms with Gasteiger partial charge in [0.25, 0.3) is 11.3 Å². The van der Waals surface area contributed by atoms with Gasteiger partial charge in [-0.3, -0.25) is 14.3 Å². The largest absolute Gasteiger partial charge is 0.475 e. The average molecular weight is 599 g/mol. The van der Waals surface area contributed by atoms with Crippen LogP contribution >= 0.6 is 0 Å². The van der Waals surface area contributed by atoms with Gasteiger partial charge in [-0.1, -0.05) is 24.8 Å². The summed E-state index contributed by atoms with van der Waals surface area (Å²) < 4.78 is 17.4. The lowest BCUT2D eigenvalue weighted by Crippen LogP contribution is -2.34. The molecule has 224 valence electrons. The molecule has 0 aliphatic heterocycles. The van der Waals surface area contributed by atoms with Crippen molar-refractivity contribution in [2.75, 3.05) is 23.9 Å². The van der Waals surface area contributed by atoms with E-state index in [1.54, 1.807) is 26.8 Å². The second-order valence-corrected chi connectivity index (χ2v) is 17.3. The van der Waals surface area contributed by atoms with Crippen LogP contribution in [0.1, 0.15) is 31.3 Å². The summed E-state index contributed by atoms with van der Waals surface area (Å²) in [5.74, 6) is -1.59. The highest BCUT2D eigenvalue weighted by atomic mass is 28.3. The fourth-order valence-electron chi connectivity index (χ4n) is 3.69. The van der Waals surface area contributed by atoms with Gasteiger partial charge in [0, 0.05) is 34.0 Å². The lowest BCUT2D eigenvalue weighted by molar-refractivity contribution is 0.0587. The molecular weight excluding hydrogens is 564 g/mol. The van der Waals surface area contributed by atoms with Gasteiger partial charge >= 0.3 is 12.1 Å². The maximum atomic E-state index is 13.4. The molecule has 0 bridgehead atoms. The van der Waals surface area contributed by atoms with Crippen molar-refractivity contribution in [1.29, 1.82) is 0 Å². The van der Waals surface area contributed by atoms with Gasteiger partial charge in [-0.05, 0) is 38.9 Å². The molecule has 0 aliphatic rings. The van der Waals surface area contributed by atoms with Crippen LogP contribution in [0.5, 0.6) is 0 Å². The highest BCUT2D eigenvalue weighted by Gasteiger charge is 2.27. The molecule has 0 unspecified atom stereocenters. The number of hydrogen-bond acceptors (Lipinski definition) is 11. The van der Waals surface area contributed by atoms with Crippen molar-refractivity contribution in [3.63, 3.8) is 0 Å². The van der Waals surface area contributed by atoms with Crippen molar-refractivity contribution in [2.24, 2.45) is 0 Å². The van der Waals surface area contributed by atoms with Gasteiger partial charge in [-0.2, -0.15) is 9.90 Å². The van der Waals surface area contributed by atoms with Crippen LogP contribution in [0.3, 0.4) is 0 Å². The third-order valence-corrected chi connectivity index (χ3v) is 7.53. The molecule has 4 aromatic rings. The number of carboxylic acids is 1. The Morgan fingerprint density at radius 2 is 1.95 bits per heavy atom. The predicted molar refractivity (Wildman–Crippen MR) is 156 cm³/mol. The van der Waals surface area contributed by atoms with Crippen LogP contribution in [0.4, 0.5) is 22.0 Å². The third kappa shape index (κ3) is 7.19. The maximum Gasteiger partial charge on any atom is 0.414 e. The average Bonchev–Trinajstić information content (AvgIpc) is 3.53. The van der Waals surface area contributed by atoms with E-state index in [1.165, 1.54) is 40.9 Å². The van der Waals surface area contributed by atoms with Gasteiger partial charge in [0.15, 0.2) is 18.1 Å². The fourth-order valence-corrected chi connectivity index (χ4v) is 4.45. The summed E-state index contributed by atoms with van der Waals surface area (Å²) in [5, 5.41) is 24.8. The second-order valence-electron chi connectivity index (χ2n) is 11.7. The van der Waals surface area contributed by atoms with E-state index < -0.39 is 37.1 Å². The quantitative estimate of drug-likeness (QED) is 0.197. The summed E-state index contributed by atoms with van der Waals surface area (Å²) in [6.07, 6.45) is 2.27. The minimum atomic E-state index is -1.40. The van der Waals surface area contributed by atoms with E-state index >= 15 is 0 Å². The molecule has 1 amide bonds. The normalized spacial score (nSPS) is 12.0. The van der Waals surface area contributed by atoms with Gasteiger partial charge in [0.2, 0.25) is 0 Å². The summed E-state index contributed by atoms with van der Waals surface area (Å²) in [5.41, 5.74) is -1.10. The maximum absolute atomic E-state index is 13.4. The molecule has 0 fully saturated rings. The number of fused-ring (bicyclic) bond motifs is 1. The Kier molecular flexibility index (Phi) is 8.49. The van der Waals surface area contributed by atoms with Crippen LogP contribution in [0.25, 0.3) is 16.9 Å². The zero-order chi connectivity index (χ0) is 30.8. The first-order valence-corrected chi connectivity index (χ1v) is 16.8. The van der Waals surface area contributed by atoms with E-state index in [-0.39, 0.29) is 40.8 Å². The summed E-state index contributed by atoms with van der Waals surface area (Å²) in [7, 11) is 0.210. The van der Waals surface area contributed by atoms with Gasteiger partial charge < -0.3 is 24.4 Å². The molecule has 4 rings (SSSR count). The van der Waals surface area contributed by atoms with Crippen LogP contribution in [-0.2, 0) is 16.2 Å². The molecule has 0 aliphatic carbocycles. The van der Waals surface area contributed by atoms with E-state index in [0.717, 1.165) is 10.9 Å². The van der Waals surface area contributed by atoms with Crippen LogP contribution in [0, 0.1) is 0 Å². The predicted octanol–water partition coefficient (Wildman–Crippen LogP) is 4.09. The smallest absolute Gasteiger partial charge is 0.414 e. The highest BCUT2D eigenvalue weighted by molar-refractivity contribution is 6.76. The first-order valence-electron chi connectivity index (χ1n) is 13.1. The molecule has 0 saturated carbocycles. The van der Waals surface area contributed by atoms with Crippen molar-refractivity contribution in [3.8, 4) is 5.82 Å². The number of carbonyl (C=O) groups is 2. The van der Waals surface area contributed by atoms with Crippen molar-refractivity contribution >= 4 is 48.4 Å². The summed E-state index contributed by atoms with van der Waals surface area (Å²) in [6, 6.07) is 5.59. The summed E-state index contributed by atoms with van der Waals surface area (Å²) in [6.45, 7) is 12.7. The molecule has 0 atom stereocenters. The van der Waals surface area contributed by atoms with Gasteiger partial charge in [-0.15, -0.1) is 5.10 Å². The number of nitrogens with zero attached hydrogens (tertiary/aromatic N) is 7. The van der Waals surface area contributed by atoms with E-state index in [1.807, 2.05) is 0 Å². The van der Waals surface area contributed by atoms with E-state index in [4.69, 9.17) is 14.0 Å². The van der Waals surface area contributed by atoms with Crippen LogP contribution in [0.2, 0.25) is 25.7 Å². The topological polar surface area (TPSA) is 180 Å². The lowest BCUT2D eigenvalue weighted by atomic mass is 10.2. The molecule has 15 nitrogen and oxygen atoms in total. The Bertz CT molecular complexity index is 1670. The number of carbonyl (C=O) groups excluding carboxylic acids is 1. The van der Waals surface area contributed by atoms with Crippen molar-refractivity contribution in [2.45, 2.75) is 58.8 Å². The van der Waals surface area contributed by atoms with Crippen molar-refractivity contribution in [1.82, 2.24) is 29.7 Å². The van der Waals surface area contributed by atoms with E-state index in [0.29, 0.717) is 6.61 Å². The zero-order valence-electron chi connectivity index (χ0n) is 24.5. The number of aromatic carboxylic acids is 1. The van der Waals surface area contributed by atoms with Crippen LogP contribution in [0.15, 0.2) is 39.9 Å². The second kappa shape index (κ2) is 11.7. The van der Waals surface area contributed by atoms with Gasteiger partial charge in [0.05, 0.1) is 11.9 Å². The number of aromatic nitrogens is 6. The molecule has 16 heteroatoms. The first kappa shape index (κ1) is 30.4. The van der Waals surface area contributed by atoms with Gasteiger partial charge in [0.1, 0.15) is 22.6 Å². The van der Waals surface area contributed by atoms with Crippen LogP contribution in [-0.4, -0.2) is 74.2 Å². The standard InChI is InChI=1S/C26H34N8O7Si/c1-26(2,3)40-25(38)32(4)17-13-18(29-21-20(17)31-41-22(21)24(36)37)28-16-9-8-10-33(23(16)35)19-14-27-34(30-19)15-39-11-12-42(5,6)7/h8-10,13-14H,11-12,15H2,1-7H3,(H,28,29)(H,36,37). The Hall–Kier alpha value is -4.57. The Morgan fingerprint density at radius 3 is 2.62 bits per heavy atom. The van der Waals surface area contributed by atoms with Gasteiger partial charge in [-0.25, -0.2) is 14.6 Å². The number of amides is 1. The molecule has 42 heavy (non-hydrogen) atoms. The Morgan fingerprint density at radius 1 is 1.21 bits per heavy atom. The minimum Gasteiger partial charge on any atom is -0.475 e. The molecular formula is C26H34N8O7Si. The summed E-state index contributed by atoms with van der Waals surface area (Å²) >= 11 is 0. The number of pyridine rings is 2. The molecule has 4 heterocycles. The Labute approximate surface area is 242 Å². The highest BCUT2D eigenvalue weighted by Crippen LogP contribution is 2.31. The van der Waals surface area contributed by atoms with Crippen LogP contribution < -0.4 is 15.8 Å². The number of nitrogens with one attached hydrogen (secondary N) is 1. The van der Waals surface area contributed by atoms with E-state index in [9.17, 15) is 19.5 Å². The third-order valence-electron chi connectivity index (χ3n) is 5.82. The van der Waals surface area contributed by atoms with Crippen molar-refractivity contribution < 1.29 is 28.7 Å². The number of carboxylic acid groups (broad SMARTS) is 1. The molecule has 4 aromatic heterocycles. The fraction of sp³-hybridized carbons (Fsp3) is 0.423. The molecule has 0 radical (unpaired) electrons. The number of hydrogen-bond donors (Lipinski definition) is 2. The minimum absolute atomic E-state index is 0.0282. The monoisotopic (exact) mass is 598 g/mol. The van der Waals surface area contributed by atoms with E-state index in [2.05, 4.69) is 45.3 Å². The lowest BCUT2D eigenvalue weighted by Gasteiger charge is -2.25. The number of ether oxygens (including phenoxy) is 2. The van der Waals surface area contributed by atoms with Crippen molar-refractivity contribution in [3.05, 3.63) is 46.7 Å². The zero-order valence-corrected chi connectivity index (χ0v) is 25.5. The molecule has 2 N–H and O–H groups in total. The number of anilines is 3. The first-order chi connectivity index (χ1) is 19.6. The summed E-state index contributed by atoms with van der Waals surface area (Å²) in [4.78, 5) is 44.8. The Balaban J connectivity index is 1.63. The molecule has 0 aromatic carbocycles.